The van der Waals surface area contributed by atoms with Crippen LogP contribution in [0.3, 0.4) is 0 Å². The van der Waals surface area contributed by atoms with Crippen molar-refractivity contribution in [3.05, 3.63) is 23.8 Å². The zero-order valence-electron chi connectivity index (χ0n) is 10.9. The highest BCUT2D eigenvalue weighted by Gasteiger charge is 2.30. The second-order valence-electron chi connectivity index (χ2n) is 4.87. The number of rotatable bonds is 5. The summed E-state index contributed by atoms with van der Waals surface area (Å²) in [7, 11) is 0. The van der Waals surface area contributed by atoms with Crippen LogP contribution in [0.4, 0.5) is 0 Å². The van der Waals surface area contributed by atoms with E-state index in [0.29, 0.717) is 19.6 Å². The van der Waals surface area contributed by atoms with Gasteiger partial charge in [0.15, 0.2) is 17.6 Å². The van der Waals surface area contributed by atoms with Crippen LogP contribution in [0, 0.1) is 0 Å². The highest BCUT2D eigenvalue weighted by molar-refractivity contribution is 5.72. The summed E-state index contributed by atoms with van der Waals surface area (Å²) < 4.78 is 21.5. The van der Waals surface area contributed by atoms with Gasteiger partial charge in [0.25, 0.3) is 0 Å². The molecule has 0 radical (unpaired) electrons. The highest BCUT2D eigenvalue weighted by atomic mass is 16.7. The SMILES string of the molecule is O=C(O)C1CCC(COCc2ccc3c(c2)OCO3)O1. The van der Waals surface area contributed by atoms with Crippen molar-refractivity contribution < 1.29 is 28.8 Å². The molecule has 0 amide bonds. The average Bonchev–Trinajstić information content (AvgIpc) is 3.06. The Kier molecular flexibility index (Phi) is 3.75. The molecule has 2 heterocycles. The van der Waals surface area contributed by atoms with Gasteiger partial charge in [-0.25, -0.2) is 4.79 Å². The number of benzene rings is 1. The molecular weight excluding hydrogens is 264 g/mol. The third-order valence-corrected chi connectivity index (χ3v) is 3.39. The van der Waals surface area contributed by atoms with Crippen LogP contribution in [0.25, 0.3) is 0 Å². The molecule has 0 aromatic heterocycles. The largest absolute Gasteiger partial charge is 0.479 e. The van der Waals surface area contributed by atoms with Crippen molar-refractivity contribution in [3.8, 4) is 11.5 Å². The summed E-state index contributed by atoms with van der Waals surface area (Å²) in [4.78, 5) is 10.8. The van der Waals surface area contributed by atoms with E-state index in [2.05, 4.69) is 0 Å². The van der Waals surface area contributed by atoms with E-state index in [1.54, 1.807) is 0 Å². The minimum absolute atomic E-state index is 0.134. The smallest absolute Gasteiger partial charge is 0.332 e. The first-order chi connectivity index (χ1) is 9.72. The van der Waals surface area contributed by atoms with E-state index in [-0.39, 0.29) is 12.9 Å². The molecule has 1 saturated heterocycles. The number of carboxylic acids is 1. The molecule has 0 bridgehead atoms. The van der Waals surface area contributed by atoms with Gasteiger partial charge in [0, 0.05) is 0 Å². The fraction of sp³-hybridized carbons (Fsp3) is 0.500. The summed E-state index contributed by atoms with van der Waals surface area (Å²) in [5.74, 6) is 0.578. The van der Waals surface area contributed by atoms with Gasteiger partial charge in [0.05, 0.1) is 19.3 Å². The molecule has 1 fully saturated rings. The van der Waals surface area contributed by atoms with Crippen LogP contribution in [-0.2, 0) is 20.9 Å². The van der Waals surface area contributed by atoms with E-state index >= 15 is 0 Å². The molecule has 108 valence electrons. The van der Waals surface area contributed by atoms with Crippen LogP contribution in [-0.4, -0.2) is 36.7 Å². The molecule has 0 saturated carbocycles. The lowest BCUT2D eigenvalue weighted by atomic mass is 10.2. The van der Waals surface area contributed by atoms with Crippen LogP contribution in [0.5, 0.6) is 11.5 Å². The topological polar surface area (TPSA) is 74.2 Å². The maximum absolute atomic E-state index is 10.8. The molecule has 6 heteroatoms. The van der Waals surface area contributed by atoms with Crippen LogP contribution in [0.1, 0.15) is 18.4 Å². The van der Waals surface area contributed by atoms with Gasteiger partial charge in [-0.1, -0.05) is 6.07 Å². The van der Waals surface area contributed by atoms with Gasteiger partial charge in [0.2, 0.25) is 6.79 Å². The summed E-state index contributed by atoms with van der Waals surface area (Å²) in [5, 5.41) is 8.83. The Morgan fingerprint density at radius 1 is 1.30 bits per heavy atom. The second kappa shape index (κ2) is 5.68. The summed E-state index contributed by atoms with van der Waals surface area (Å²) in [6.07, 6.45) is 0.449. The van der Waals surface area contributed by atoms with Gasteiger partial charge in [-0.3, -0.25) is 0 Å². The molecule has 3 rings (SSSR count). The fourth-order valence-electron chi connectivity index (χ4n) is 2.35. The Hall–Kier alpha value is -1.79. The van der Waals surface area contributed by atoms with E-state index in [1.807, 2.05) is 18.2 Å². The van der Waals surface area contributed by atoms with Crippen molar-refractivity contribution in [2.24, 2.45) is 0 Å². The first-order valence-electron chi connectivity index (χ1n) is 6.57. The predicted octanol–water partition coefficient (Wildman–Crippen LogP) is 1.56. The monoisotopic (exact) mass is 280 g/mol. The number of aliphatic carboxylic acids is 1. The molecule has 6 nitrogen and oxygen atoms in total. The molecule has 2 aliphatic heterocycles. The molecule has 1 aromatic rings. The maximum Gasteiger partial charge on any atom is 0.332 e. The summed E-state index contributed by atoms with van der Waals surface area (Å²) in [5.41, 5.74) is 0.988. The van der Waals surface area contributed by atoms with Gasteiger partial charge in [-0.05, 0) is 30.5 Å². The van der Waals surface area contributed by atoms with Crippen molar-refractivity contribution in [1.82, 2.24) is 0 Å². The lowest BCUT2D eigenvalue weighted by Crippen LogP contribution is -2.22. The Morgan fingerprint density at radius 3 is 2.95 bits per heavy atom. The molecule has 2 atom stereocenters. The Balaban J connectivity index is 1.45. The number of hydrogen-bond donors (Lipinski definition) is 1. The molecule has 2 unspecified atom stereocenters. The molecule has 0 spiro atoms. The quantitative estimate of drug-likeness (QED) is 0.882. The van der Waals surface area contributed by atoms with Crippen molar-refractivity contribution in [3.63, 3.8) is 0 Å². The summed E-state index contributed by atoms with van der Waals surface area (Å²) >= 11 is 0. The van der Waals surface area contributed by atoms with Crippen molar-refractivity contribution >= 4 is 5.97 Å². The van der Waals surface area contributed by atoms with Crippen molar-refractivity contribution in [2.75, 3.05) is 13.4 Å². The zero-order valence-corrected chi connectivity index (χ0v) is 10.9. The van der Waals surface area contributed by atoms with E-state index in [1.165, 1.54) is 0 Å². The zero-order chi connectivity index (χ0) is 13.9. The summed E-state index contributed by atoms with van der Waals surface area (Å²) in [6.45, 7) is 1.10. The van der Waals surface area contributed by atoms with E-state index in [9.17, 15) is 4.79 Å². The van der Waals surface area contributed by atoms with Gasteiger partial charge in [-0.2, -0.15) is 0 Å². The lowest BCUT2D eigenvalue weighted by molar-refractivity contribution is -0.150. The summed E-state index contributed by atoms with van der Waals surface area (Å²) in [6, 6.07) is 5.66. The molecule has 20 heavy (non-hydrogen) atoms. The van der Waals surface area contributed by atoms with Crippen LogP contribution < -0.4 is 9.47 Å². The second-order valence-corrected chi connectivity index (χ2v) is 4.87. The number of carbonyl (C=O) groups is 1. The minimum atomic E-state index is -0.900. The normalized spacial score (nSPS) is 24.0. The molecule has 1 N–H and O–H groups in total. The number of ether oxygens (including phenoxy) is 4. The lowest BCUT2D eigenvalue weighted by Gasteiger charge is -2.12. The number of fused-ring (bicyclic) bond motifs is 1. The van der Waals surface area contributed by atoms with Crippen molar-refractivity contribution in [1.29, 1.82) is 0 Å². The van der Waals surface area contributed by atoms with Crippen LogP contribution in [0.2, 0.25) is 0 Å². The Labute approximate surface area is 116 Å². The number of carboxylic acid groups (broad SMARTS) is 1. The first-order valence-corrected chi connectivity index (χ1v) is 6.57. The predicted molar refractivity (Wildman–Crippen MR) is 67.8 cm³/mol. The number of hydrogen-bond acceptors (Lipinski definition) is 5. The van der Waals surface area contributed by atoms with E-state index < -0.39 is 12.1 Å². The third-order valence-electron chi connectivity index (χ3n) is 3.39. The van der Waals surface area contributed by atoms with E-state index in [4.69, 9.17) is 24.1 Å². The van der Waals surface area contributed by atoms with Crippen LogP contribution in [0.15, 0.2) is 18.2 Å². The molecule has 2 aliphatic rings. The van der Waals surface area contributed by atoms with Gasteiger partial charge in [0.1, 0.15) is 0 Å². The fourth-order valence-corrected chi connectivity index (χ4v) is 2.35. The van der Waals surface area contributed by atoms with Gasteiger partial charge < -0.3 is 24.1 Å². The van der Waals surface area contributed by atoms with E-state index in [0.717, 1.165) is 23.5 Å². The standard InChI is InChI=1S/C14H16O6/c15-14(16)12-4-2-10(20-12)7-17-6-9-1-3-11-13(5-9)19-8-18-11/h1,3,5,10,12H,2,4,6-8H2,(H,15,16). The Morgan fingerprint density at radius 2 is 2.15 bits per heavy atom. The molecule has 0 aliphatic carbocycles. The van der Waals surface area contributed by atoms with Crippen molar-refractivity contribution in [2.45, 2.75) is 31.7 Å². The Bertz CT molecular complexity index is 500. The molecular formula is C14H16O6. The minimum Gasteiger partial charge on any atom is -0.479 e. The van der Waals surface area contributed by atoms with Gasteiger partial charge >= 0.3 is 5.97 Å². The molecule has 1 aromatic carbocycles. The average molecular weight is 280 g/mol. The highest BCUT2D eigenvalue weighted by Crippen LogP contribution is 2.32. The third kappa shape index (κ3) is 2.86. The van der Waals surface area contributed by atoms with Gasteiger partial charge in [-0.15, -0.1) is 0 Å². The first kappa shape index (κ1) is 13.2. The maximum atomic E-state index is 10.8. The van der Waals surface area contributed by atoms with Crippen LogP contribution >= 0.6 is 0 Å².